The molecular weight excluding hydrogens is 773 g/mol. The molecule has 5 heterocycles. The van der Waals surface area contributed by atoms with E-state index >= 15 is 0 Å². The van der Waals surface area contributed by atoms with Crippen molar-refractivity contribution < 1.29 is 0 Å². The SMILES string of the molecule is Cc1cc(C)c2c(c1)N(c1cc3c4c(c1)-n1c5ccc(C(C)(C)C)cc5c5cc(C(C)(C)C)cc(c51)B4c1cc(C(C)(C)C)cc4c1N3C1(C)CCCCC41C)C1(C)CCCCC21C. The van der Waals surface area contributed by atoms with Gasteiger partial charge in [0.2, 0.25) is 0 Å². The number of nitrogens with zero attached hydrogens (tertiary/aromatic N) is 3. The Balaban J connectivity index is 1.28. The van der Waals surface area contributed by atoms with Crippen LogP contribution in [0.15, 0.2) is 66.7 Å². The smallest absolute Gasteiger partial charge is 0.252 e. The van der Waals surface area contributed by atoms with Crippen molar-refractivity contribution in [2.24, 2.45) is 0 Å². The first-order valence-corrected chi connectivity index (χ1v) is 25.1. The Morgan fingerprint density at radius 1 is 0.531 bits per heavy atom. The highest BCUT2D eigenvalue weighted by Crippen LogP contribution is 2.65. The third-order valence-electron chi connectivity index (χ3n) is 19.0. The van der Waals surface area contributed by atoms with Crippen LogP contribution in [-0.4, -0.2) is 22.4 Å². The second-order valence-corrected chi connectivity index (χ2v) is 25.8. The second kappa shape index (κ2) is 12.3. The van der Waals surface area contributed by atoms with E-state index in [2.05, 4.69) is 185 Å². The maximum absolute atomic E-state index is 2.97. The molecule has 12 rings (SSSR count). The Bertz CT molecular complexity index is 3070. The molecule has 2 aliphatic carbocycles. The van der Waals surface area contributed by atoms with Gasteiger partial charge in [-0.25, -0.2) is 0 Å². The van der Waals surface area contributed by atoms with Gasteiger partial charge in [0.25, 0.3) is 6.71 Å². The molecule has 1 aromatic heterocycles. The number of hydrogen-bond acceptors (Lipinski definition) is 2. The normalized spacial score (nSPS) is 26.6. The van der Waals surface area contributed by atoms with Gasteiger partial charge in [-0.05, 0) is 161 Å². The summed E-state index contributed by atoms with van der Waals surface area (Å²) in [6.07, 6.45) is 9.98. The third-order valence-corrected chi connectivity index (χ3v) is 19.0. The minimum absolute atomic E-state index is 0.0129. The summed E-state index contributed by atoms with van der Waals surface area (Å²) in [7, 11) is 0. The summed E-state index contributed by atoms with van der Waals surface area (Å²) >= 11 is 0. The summed E-state index contributed by atoms with van der Waals surface area (Å²) in [6.45, 7) is 37.1. The van der Waals surface area contributed by atoms with E-state index in [0.717, 1.165) is 0 Å². The highest BCUT2D eigenvalue weighted by atomic mass is 15.3. The fourth-order valence-electron chi connectivity index (χ4n) is 15.1. The first kappa shape index (κ1) is 41.0. The standard InChI is InChI=1S/C60H72BN3/c1-35-26-36(2)50-47(27-35)63(60(15)25-19-17-23-58(50,60)13)40-33-48-51-49(34-40)64-53-43(57(12)22-16-18-24-59(57,64)14)30-39(56(9,10)11)32-45(53)61(51)44-31-38(55(6,7)8)29-42-41-28-37(54(3,4)5)20-21-46(41)62(48)52(42)44/h20-21,26-34H,16-19,22-25H2,1-15H3. The predicted molar refractivity (Wildman–Crippen MR) is 277 cm³/mol. The monoisotopic (exact) mass is 846 g/mol. The Morgan fingerprint density at radius 3 is 1.78 bits per heavy atom. The van der Waals surface area contributed by atoms with Crippen LogP contribution in [0.4, 0.5) is 22.7 Å². The largest absolute Gasteiger partial charge is 0.335 e. The summed E-state index contributed by atoms with van der Waals surface area (Å²) in [6, 6.07) is 28.5. The Hall–Kier alpha value is -4.44. The first-order chi connectivity index (χ1) is 29.9. The molecule has 0 bridgehead atoms. The molecule has 0 amide bonds. The molecule has 2 saturated carbocycles. The zero-order valence-electron chi connectivity index (χ0n) is 41.9. The molecule has 330 valence electrons. The minimum Gasteiger partial charge on any atom is -0.335 e. The lowest BCUT2D eigenvalue weighted by Crippen LogP contribution is -2.64. The molecule has 0 spiro atoms. The highest BCUT2D eigenvalue weighted by Gasteiger charge is 2.63. The van der Waals surface area contributed by atoms with Crippen LogP contribution in [-0.2, 0) is 27.1 Å². The molecule has 64 heavy (non-hydrogen) atoms. The van der Waals surface area contributed by atoms with E-state index in [4.69, 9.17) is 0 Å². The quantitative estimate of drug-likeness (QED) is 0.153. The summed E-state index contributed by atoms with van der Waals surface area (Å²) < 4.78 is 2.76. The van der Waals surface area contributed by atoms with Crippen LogP contribution in [0.1, 0.15) is 180 Å². The van der Waals surface area contributed by atoms with Gasteiger partial charge in [0.15, 0.2) is 0 Å². The van der Waals surface area contributed by atoms with E-state index in [1.807, 2.05) is 0 Å². The van der Waals surface area contributed by atoms with Gasteiger partial charge >= 0.3 is 0 Å². The van der Waals surface area contributed by atoms with Crippen molar-refractivity contribution in [1.82, 2.24) is 4.57 Å². The van der Waals surface area contributed by atoms with Crippen molar-refractivity contribution in [2.75, 3.05) is 9.80 Å². The molecule has 6 aromatic rings. The van der Waals surface area contributed by atoms with Crippen molar-refractivity contribution in [3.05, 3.63) is 106 Å². The van der Waals surface area contributed by atoms with Crippen LogP contribution in [0.3, 0.4) is 0 Å². The minimum atomic E-state index is -0.0568. The Morgan fingerprint density at radius 2 is 1.11 bits per heavy atom. The maximum atomic E-state index is 2.97. The molecule has 4 unspecified atom stereocenters. The lowest BCUT2D eigenvalue weighted by atomic mass is 9.33. The number of aromatic nitrogens is 1. The molecule has 0 N–H and O–H groups in total. The molecule has 5 aromatic carbocycles. The van der Waals surface area contributed by atoms with E-state index in [-0.39, 0.29) is 44.9 Å². The van der Waals surface area contributed by atoms with Crippen LogP contribution in [0, 0.1) is 13.8 Å². The van der Waals surface area contributed by atoms with Gasteiger partial charge in [0.1, 0.15) is 0 Å². The predicted octanol–water partition coefficient (Wildman–Crippen LogP) is 13.9. The number of aryl methyl sites for hydroxylation is 2. The average molecular weight is 846 g/mol. The van der Waals surface area contributed by atoms with Crippen molar-refractivity contribution in [3.8, 4) is 5.69 Å². The molecule has 0 saturated heterocycles. The van der Waals surface area contributed by atoms with Crippen molar-refractivity contribution in [2.45, 2.75) is 193 Å². The molecule has 4 atom stereocenters. The van der Waals surface area contributed by atoms with Crippen molar-refractivity contribution in [1.29, 1.82) is 0 Å². The summed E-state index contributed by atoms with van der Waals surface area (Å²) in [5, 5.41) is 2.79. The number of hydrogen-bond donors (Lipinski definition) is 0. The van der Waals surface area contributed by atoms with Crippen molar-refractivity contribution in [3.63, 3.8) is 0 Å². The molecule has 2 fully saturated rings. The van der Waals surface area contributed by atoms with E-state index in [1.54, 1.807) is 11.1 Å². The lowest BCUT2D eigenvalue weighted by molar-refractivity contribution is 0.193. The van der Waals surface area contributed by atoms with Gasteiger partial charge in [-0.15, -0.1) is 0 Å². The molecule has 4 heteroatoms. The van der Waals surface area contributed by atoms with Crippen LogP contribution in [0.5, 0.6) is 0 Å². The van der Waals surface area contributed by atoms with Crippen LogP contribution < -0.4 is 26.2 Å². The molecular formula is C60H72BN3. The van der Waals surface area contributed by atoms with Crippen molar-refractivity contribution >= 4 is 67.7 Å². The van der Waals surface area contributed by atoms with Gasteiger partial charge in [-0.2, -0.15) is 0 Å². The number of fused-ring (bicyclic) bond motifs is 13. The second-order valence-electron chi connectivity index (χ2n) is 25.8. The van der Waals surface area contributed by atoms with Crippen LogP contribution in [0.2, 0.25) is 0 Å². The van der Waals surface area contributed by atoms with E-state index in [9.17, 15) is 0 Å². The van der Waals surface area contributed by atoms with Gasteiger partial charge in [-0.3, -0.25) is 0 Å². The average Bonchev–Trinajstić information content (AvgIpc) is 3.73. The van der Waals surface area contributed by atoms with E-state index < -0.39 is 0 Å². The fourth-order valence-corrected chi connectivity index (χ4v) is 15.1. The number of rotatable bonds is 1. The number of benzene rings is 5. The molecule has 4 aliphatic heterocycles. The van der Waals surface area contributed by atoms with Gasteiger partial charge in [0, 0.05) is 55.6 Å². The highest BCUT2D eigenvalue weighted by molar-refractivity contribution is 7.00. The fraction of sp³-hybridized carbons (Fsp3) is 0.500. The van der Waals surface area contributed by atoms with Crippen LogP contribution >= 0.6 is 0 Å². The summed E-state index contributed by atoms with van der Waals surface area (Å²) in [5.74, 6) is 0. The summed E-state index contributed by atoms with van der Waals surface area (Å²) in [4.78, 5) is 5.87. The third kappa shape index (κ3) is 4.87. The Kier molecular flexibility index (Phi) is 7.89. The topological polar surface area (TPSA) is 11.4 Å². The van der Waals surface area contributed by atoms with Gasteiger partial charge < -0.3 is 14.4 Å². The van der Waals surface area contributed by atoms with Gasteiger partial charge in [-0.1, -0.05) is 132 Å². The molecule has 0 radical (unpaired) electrons. The van der Waals surface area contributed by atoms with E-state index in [1.165, 1.54) is 146 Å². The summed E-state index contributed by atoms with van der Waals surface area (Å²) in [5.41, 5.74) is 24.8. The van der Waals surface area contributed by atoms with Crippen LogP contribution in [0.25, 0.3) is 27.5 Å². The molecule has 3 nitrogen and oxygen atoms in total. The molecule has 6 aliphatic rings. The van der Waals surface area contributed by atoms with E-state index in [0.29, 0.717) is 0 Å². The first-order valence-electron chi connectivity index (χ1n) is 25.1. The van der Waals surface area contributed by atoms with Gasteiger partial charge in [0.05, 0.1) is 16.6 Å². The lowest BCUT2D eigenvalue weighted by Gasteiger charge is -2.53. The zero-order valence-corrected chi connectivity index (χ0v) is 41.9. The maximum Gasteiger partial charge on any atom is 0.252 e. The number of anilines is 4. The zero-order chi connectivity index (χ0) is 45.2. The Labute approximate surface area is 385 Å².